The quantitative estimate of drug-likeness (QED) is 0.799. The molecule has 2 heterocycles. The lowest BCUT2D eigenvalue weighted by Gasteiger charge is -2.14. The maximum atomic E-state index is 13.2. The van der Waals surface area contributed by atoms with E-state index in [2.05, 4.69) is 10.3 Å². The first-order valence-electron chi connectivity index (χ1n) is 7.25. The molecule has 0 saturated carbocycles. The summed E-state index contributed by atoms with van der Waals surface area (Å²) in [7, 11) is 3.80. The number of thiophene rings is 1. The number of benzene rings is 1. The minimum Gasteiger partial charge on any atom is -0.352 e. The molecular weight excluding hydrogens is 315 g/mol. The third kappa shape index (κ3) is 2.79. The van der Waals surface area contributed by atoms with E-state index in [0.717, 1.165) is 22.0 Å². The summed E-state index contributed by atoms with van der Waals surface area (Å²) in [5, 5.41) is 2.79. The molecule has 5 nitrogen and oxygen atoms in total. The number of fused-ring (bicyclic) bond motifs is 1. The van der Waals surface area contributed by atoms with Gasteiger partial charge in [0.15, 0.2) is 0 Å². The highest BCUT2D eigenvalue weighted by atomic mass is 32.1. The SMILES string of the molecule is CCNC(=O)c1cc2nc(N(C)C)n(-c3ccc(F)cc3)c2s1. The van der Waals surface area contributed by atoms with Gasteiger partial charge in [0, 0.05) is 20.6 Å². The highest BCUT2D eigenvalue weighted by molar-refractivity contribution is 7.20. The summed E-state index contributed by atoms with van der Waals surface area (Å²) in [6.07, 6.45) is 0. The highest BCUT2D eigenvalue weighted by Gasteiger charge is 2.19. The molecule has 0 saturated heterocycles. The lowest BCUT2D eigenvalue weighted by atomic mass is 10.3. The van der Waals surface area contributed by atoms with Crippen molar-refractivity contribution in [1.29, 1.82) is 0 Å². The van der Waals surface area contributed by atoms with Crippen LogP contribution in [0, 0.1) is 5.82 Å². The van der Waals surface area contributed by atoms with E-state index >= 15 is 0 Å². The molecule has 0 bridgehead atoms. The summed E-state index contributed by atoms with van der Waals surface area (Å²) in [6, 6.07) is 8.03. The van der Waals surface area contributed by atoms with Crippen LogP contribution >= 0.6 is 11.3 Å². The van der Waals surface area contributed by atoms with Gasteiger partial charge in [-0.15, -0.1) is 11.3 Å². The third-order valence-corrected chi connectivity index (χ3v) is 4.47. The topological polar surface area (TPSA) is 50.2 Å². The number of amides is 1. The number of nitrogens with one attached hydrogen (secondary N) is 1. The predicted octanol–water partition coefficient (Wildman–Crippen LogP) is 3.04. The number of carbonyl (C=O) groups excluding carboxylic acids is 1. The number of anilines is 1. The second kappa shape index (κ2) is 6.00. The van der Waals surface area contributed by atoms with Crippen molar-refractivity contribution in [3.05, 3.63) is 41.0 Å². The monoisotopic (exact) mass is 332 g/mol. The predicted molar refractivity (Wildman–Crippen MR) is 91.2 cm³/mol. The van der Waals surface area contributed by atoms with E-state index in [0.29, 0.717) is 11.4 Å². The number of halogens is 1. The molecule has 2 aromatic heterocycles. The number of hydrogen-bond acceptors (Lipinski definition) is 4. The van der Waals surface area contributed by atoms with Crippen LogP contribution in [0.15, 0.2) is 30.3 Å². The third-order valence-electron chi connectivity index (χ3n) is 3.36. The van der Waals surface area contributed by atoms with E-state index in [1.165, 1.54) is 23.5 Å². The standard InChI is InChI=1S/C16H17FN4OS/c1-4-18-14(22)13-9-12-15(23-13)21(16(19-12)20(2)3)11-7-5-10(17)6-8-11/h5-9H,4H2,1-3H3,(H,18,22). The maximum absolute atomic E-state index is 13.2. The van der Waals surface area contributed by atoms with Gasteiger partial charge >= 0.3 is 0 Å². The number of hydrogen-bond donors (Lipinski definition) is 1. The second-order valence-electron chi connectivity index (χ2n) is 5.28. The Hall–Kier alpha value is -2.41. The molecule has 3 aromatic rings. The molecule has 1 amide bonds. The van der Waals surface area contributed by atoms with E-state index in [1.54, 1.807) is 18.2 Å². The second-order valence-corrected chi connectivity index (χ2v) is 6.31. The molecule has 0 aliphatic carbocycles. The fourth-order valence-corrected chi connectivity index (χ4v) is 3.37. The van der Waals surface area contributed by atoms with Crippen molar-refractivity contribution in [2.24, 2.45) is 0 Å². The minimum absolute atomic E-state index is 0.104. The molecular formula is C16H17FN4OS. The molecule has 3 rings (SSSR count). The fourth-order valence-electron chi connectivity index (χ4n) is 2.34. The van der Waals surface area contributed by atoms with E-state index in [9.17, 15) is 9.18 Å². The van der Waals surface area contributed by atoms with Crippen molar-refractivity contribution in [3.63, 3.8) is 0 Å². The van der Waals surface area contributed by atoms with E-state index in [4.69, 9.17) is 0 Å². The summed E-state index contributed by atoms with van der Waals surface area (Å²) in [4.78, 5) is 20.0. The van der Waals surface area contributed by atoms with E-state index in [1.807, 2.05) is 30.5 Å². The molecule has 0 radical (unpaired) electrons. The van der Waals surface area contributed by atoms with Gasteiger partial charge in [-0.25, -0.2) is 9.37 Å². The largest absolute Gasteiger partial charge is 0.352 e. The van der Waals surface area contributed by atoms with Gasteiger partial charge in [0.2, 0.25) is 5.95 Å². The molecule has 23 heavy (non-hydrogen) atoms. The Morgan fingerprint density at radius 2 is 2.04 bits per heavy atom. The summed E-state index contributed by atoms with van der Waals surface area (Å²) in [5.41, 5.74) is 1.56. The molecule has 0 aliphatic heterocycles. The number of aromatic nitrogens is 2. The first kappa shape index (κ1) is 15.5. The van der Waals surface area contributed by atoms with Crippen molar-refractivity contribution < 1.29 is 9.18 Å². The zero-order valence-corrected chi connectivity index (χ0v) is 13.9. The van der Waals surface area contributed by atoms with Gasteiger partial charge in [-0.2, -0.15) is 0 Å². The summed E-state index contributed by atoms with van der Waals surface area (Å²) < 4.78 is 15.1. The highest BCUT2D eigenvalue weighted by Crippen LogP contribution is 2.32. The molecule has 1 aromatic carbocycles. The van der Waals surface area contributed by atoms with Crippen LogP contribution in [0.2, 0.25) is 0 Å². The first-order chi connectivity index (χ1) is 11.0. The Balaban J connectivity index is 2.17. The van der Waals surface area contributed by atoms with Crippen LogP contribution in [0.1, 0.15) is 16.6 Å². The van der Waals surface area contributed by atoms with Crippen molar-refractivity contribution in [2.75, 3.05) is 25.5 Å². The minimum atomic E-state index is -0.286. The number of nitrogens with zero attached hydrogens (tertiary/aromatic N) is 3. The molecule has 0 atom stereocenters. The Morgan fingerprint density at radius 1 is 1.35 bits per heavy atom. The van der Waals surface area contributed by atoms with E-state index < -0.39 is 0 Å². The average molecular weight is 332 g/mol. The van der Waals surface area contributed by atoms with Crippen molar-refractivity contribution in [2.45, 2.75) is 6.92 Å². The van der Waals surface area contributed by atoms with E-state index in [-0.39, 0.29) is 11.7 Å². The molecule has 0 unspecified atom stereocenters. The van der Waals surface area contributed by atoms with Crippen LogP contribution in [0.3, 0.4) is 0 Å². The maximum Gasteiger partial charge on any atom is 0.261 e. The van der Waals surface area contributed by atoms with Crippen molar-refractivity contribution >= 4 is 33.5 Å². The Kier molecular flexibility index (Phi) is 4.04. The van der Waals surface area contributed by atoms with Gasteiger partial charge in [-0.05, 0) is 37.3 Å². The molecule has 0 aliphatic rings. The summed E-state index contributed by atoms with van der Waals surface area (Å²) in [5.74, 6) is 0.346. The number of rotatable bonds is 4. The van der Waals surface area contributed by atoms with Crippen LogP contribution in [0.5, 0.6) is 0 Å². The van der Waals surface area contributed by atoms with Gasteiger partial charge in [0.25, 0.3) is 5.91 Å². The van der Waals surface area contributed by atoms with Gasteiger partial charge in [-0.1, -0.05) is 0 Å². The van der Waals surface area contributed by atoms with Crippen molar-refractivity contribution in [3.8, 4) is 5.69 Å². The van der Waals surface area contributed by atoms with Crippen molar-refractivity contribution in [1.82, 2.24) is 14.9 Å². The van der Waals surface area contributed by atoms with Crippen LogP contribution in [-0.2, 0) is 0 Å². The van der Waals surface area contributed by atoms with Gasteiger partial charge in [0.1, 0.15) is 16.2 Å². The zero-order valence-electron chi connectivity index (χ0n) is 13.1. The first-order valence-corrected chi connectivity index (χ1v) is 8.06. The lowest BCUT2D eigenvalue weighted by molar-refractivity contribution is 0.0960. The van der Waals surface area contributed by atoms with Crippen LogP contribution in [0.4, 0.5) is 10.3 Å². The molecule has 120 valence electrons. The zero-order chi connectivity index (χ0) is 16.6. The number of imidazole rings is 1. The Bertz CT molecular complexity index is 851. The number of carbonyl (C=O) groups is 1. The normalized spacial score (nSPS) is 11.0. The van der Waals surface area contributed by atoms with Gasteiger partial charge in [0.05, 0.1) is 10.6 Å². The Labute approximate surface area is 137 Å². The molecule has 0 spiro atoms. The average Bonchev–Trinajstić information content (AvgIpc) is 3.06. The molecule has 1 N–H and O–H groups in total. The van der Waals surface area contributed by atoms with Crippen LogP contribution in [-0.4, -0.2) is 36.1 Å². The Morgan fingerprint density at radius 3 is 2.65 bits per heavy atom. The van der Waals surface area contributed by atoms with Gasteiger partial charge < -0.3 is 10.2 Å². The molecule has 7 heteroatoms. The smallest absolute Gasteiger partial charge is 0.261 e. The summed E-state index contributed by atoms with van der Waals surface area (Å²) >= 11 is 1.38. The van der Waals surface area contributed by atoms with Crippen LogP contribution < -0.4 is 10.2 Å². The fraction of sp³-hybridized carbons (Fsp3) is 0.250. The van der Waals surface area contributed by atoms with Gasteiger partial charge in [-0.3, -0.25) is 9.36 Å². The summed E-state index contributed by atoms with van der Waals surface area (Å²) in [6.45, 7) is 2.46. The van der Waals surface area contributed by atoms with Crippen LogP contribution in [0.25, 0.3) is 16.0 Å². The lowest BCUT2D eigenvalue weighted by Crippen LogP contribution is -2.21. The molecule has 0 fully saturated rings.